The van der Waals surface area contributed by atoms with Gasteiger partial charge in [0, 0.05) is 26.8 Å². The van der Waals surface area contributed by atoms with Crippen LogP contribution in [0.5, 0.6) is 17.2 Å². The van der Waals surface area contributed by atoms with Crippen LogP contribution in [0.2, 0.25) is 0 Å². The van der Waals surface area contributed by atoms with Gasteiger partial charge in [-0.2, -0.15) is 0 Å². The maximum Gasteiger partial charge on any atom is 0.328 e. The molecule has 1 unspecified atom stereocenters. The third-order valence-corrected chi connectivity index (χ3v) is 7.53. The van der Waals surface area contributed by atoms with E-state index in [-0.39, 0.29) is 11.7 Å². The van der Waals surface area contributed by atoms with Crippen molar-refractivity contribution in [1.82, 2.24) is 0 Å². The van der Waals surface area contributed by atoms with Gasteiger partial charge in [0.05, 0.1) is 12.8 Å². The lowest BCUT2D eigenvalue weighted by Gasteiger charge is -2.21. The third kappa shape index (κ3) is 5.37. The number of carbonyl (C=O) groups excluding carboxylic acids is 1. The van der Waals surface area contributed by atoms with Gasteiger partial charge in [-0.15, -0.1) is 0 Å². The number of aromatic hydroxyl groups is 1. The van der Waals surface area contributed by atoms with Crippen LogP contribution < -0.4 is 19.9 Å². The first-order valence-corrected chi connectivity index (χ1v) is 13.5. The number of phenols is 1. The van der Waals surface area contributed by atoms with Crippen LogP contribution in [0.15, 0.2) is 95.9 Å². The SMILES string of the molecule is COc1ccc(SNc2cc(-c3c(O)ccc4ccccc34)c(OC(=O)C(N)C(C)C)c3ccccc23)cc1. The quantitative estimate of drug-likeness (QED) is 0.108. The van der Waals surface area contributed by atoms with Gasteiger partial charge in [-0.05, 0) is 65.0 Å². The number of benzene rings is 5. The number of methoxy groups -OCH3 is 1. The van der Waals surface area contributed by atoms with E-state index < -0.39 is 12.0 Å². The number of phenolic OH excluding ortho intramolecular Hbond substituents is 1. The highest BCUT2D eigenvalue weighted by Gasteiger charge is 2.25. The molecule has 0 amide bonds. The Morgan fingerprint density at radius 3 is 2.26 bits per heavy atom. The highest BCUT2D eigenvalue weighted by atomic mass is 32.2. The molecule has 5 aromatic carbocycles. The average molecular weight is 539 g/mol. The number of fused-ring (bicyclic) bond motifs is 2. The van der Waals surface area contributed by atoms with E-state index in [1.807, 2.05) is 98.8 Å². The maximum absolute atomic E-state index is 13.1. The molecule has 5 aromatic rings. The van der Waals surface area contributed by atoms with Crippen LogP contribution in [0.1, 0.15) is 13.8 Å². The lowest BCUT2D eigenvalue weighted by molar-refractivity contribution is -0.136. The second-order valence-corrected chi connectivity index (χ2v) is 10.5. The molecular weight excluding hydrogens is 508 g/mol. The molecule has 0 spiro atoms. The van der Waals surface area contributed by atoms with Gasteiger partial charge >= 0.3 is 5.97 Å². The van der Waals surface area contributed by atoms with Crippen molar-refractivity contribution in [3.05, 3.63) is 91.0 Å². The number of rotatable bonds is 8. The summed E-state index contributed by atoms with van der Waals surface area (Å²) < 4.78 is 14.8. The summed E-state index contributed by atoms with van der Waals surface area (Å²) in [4.78, 5) is 14.1. The Morgan fingerprint density at radius 2 is 1.56 bits per heavy atom. The molecular formula is C32H30N2O4S. The predicted molar refractivity (Wildman–Crippen MR) is 159 cm³/mol. The minimum absolute atomic E-state index is 0.0863. The zero-order valence-corrected chi connectivity index (χ0v) is 22.8. The Hall–Kier alpha value is -4.20. The molecule has 0 aliphatic carbocycles. The molecule has 198 valence electrons. The Morgan fingerprint density at radius 1 is 0.897 bits per heavy atom. The molecule has 5 rings (SSSR count). The van der Waals surface area contributed by atoms with Gasteiger partial charge in [0.25, 0.3) is 0 Å². The zero-order valence-electron chi connectivity index (χ0n) is 22.0. The lowest BCUT2D eigenvalue weighted by Crippen LogP contribution is -2.38. The van der Waals surface area contributed by atoms with Gasteiger partial charge in [-0.1, -0.05) is 68.4 Å². The molecule has 39 heavy (non-hydrogen) atoms. The minimum atomic E-state index is -0.791. The van der Waals surface area contributed by atoms with Gasteiger partial charge < -0.3 is 25.0 Å². The number of esters is 1. The summed E-state index contributed by atoms with van der Waals surface area (Å²) >= 11 is 1.45. The number of ether oxygens (including phenoxy) is 2. The van der Waals surface area contributed by atoms with Crippen molar-refractivity contribution in [1.29, 1.82) is 0 Å². The summed E-state index contributed by atoms with van der Waals surface area (Å²) in [6.45, 7) is 3.76. The van der Waals surface area contributed by atoms with Gasteiger partial charge in [0.1, 0.15) is 23.3 Å². The Bertz CT molecular complexity index is 1650. The fraction of sp³-hybridized carbons (Fsp3) is 0.156. The molecule has 0 fully saturated rings. The number of hydrogen-bond donors (Lipinski definition) is 3. The minimum Gasteiger partial charge on any atom is -0.507 e. The largest absolute Gasteiger partial charge is 0.507 e. The maximum atomic E-state index is 13.1. The standard InChI is InChI=1S/C32H30N2O4S/c1-19(2)30(33)32(36)38-31-25-11-7-6-10-24(25)27(34-39-22-15-13-21(37-3)14-16-22)18-26(31)29-23-9-5-4-8-20(23)12-17-28(29)35/h4-19,30,34-35H,33H2,1-3H3. The molecule has 0 saturated carbocycles. The van der Waals surface area contributed by atoms with Gasteiger partial charge in [-0.25, -0.2) is 4.79 Å². The van der Waals surface area contributed by atoms with Crippen LogP contribution in [0.25, 0.3) is 32.7 Å². The van der Waals surface area contributed by atoms with E-state index in [0.29, 0.717) is 16.9 Å². The number of hydrogen-bond acceptors (Lipinski definition) is 7. The Kier molecular flexibility index (Phi) is 7.63. The van der Waals surface area contributed by atoms with Crippen molar-refractivity contribution in [2.75, 3.05) is 11.8 Å². The van der Waals surface area contributed by atoms with E-state index in [1.165, 1.54) is 11.9 Å². The fourth-order valence-electron chi connectivity index (χ4n) is 4.47. The van der Waals surface area contributed by atoms with Crippen molar-refractivity contribution in [3.8, 4) is 28.4 Å². The van der Waals surface area contributed by atoms with Gasteiger partial charge in [0.2, 0.25) is 0 Å². The molecule has 0 aliphatic rings. The smallest absolute Gasteiger partial charge is 0.328 e. The van der Waals surface area contributed by atoms with E-state index in [9.17, 15) is 9.90 Å². The second-order valence-electron chi connectivity index (χ2n) is 9.60. The number of carbonyl (C=O) groups is 1. The van der Waals surface area contributed by atoms with Crippen molar-refractivity contribution in [2.45, 2.75) is 24.8 Å². The summed E-state index contributed by atoms with van der Waals surface area (Å²) in [5.41, 5.74) is 8.15. The molecule has 0 heterocycles. The van der Waals surface area contributed by atoms with E-state index in [1.54, 1.807) is 13.2 Å². The monoisotopic (exact) mass is 538 g/mol. The Balaban J connectivity index is 1.71. The molecule has 0 bridgehead atoms. The van der Waals surface area contributed by atoms with Crippen molar-refractivity contribution in [2.24, 2.45) is 11.7 Å². The predicted octanol–water partition coefficient (Wildman–Crippen LogP) is 7.38. The van der Waals surface area contributed by atoms with Crippen molar-refractivity contribution in [3.63, 3.8) is 0 Å². The summed E-state index contributed by atoms with van der Waals surface area (Å²) in [7, 11) is 1.64. The van der Waals surface area contributed by atoms with Crippen LogP contribution in [0.3, 0.4) is 0 Å². The van der Waals surface area contributed by atoms with Crippen LogP contribution in [0.4, 0.5) is 5.69 Å². The Labute approximate surface area is 231 Å². The number of nitrogens with two attached hydrogens (primary N) is 1. The molecule has 0 saturated heterocycles. The highest BCUT2D eigenvalue weighted by Crippen LogP contribution is 2.47. The molecule has 4 N–H and O–H groups in total. The first-order chi connectivity index (χ1) is 18.9. The number of nitrogens with one attached hydrogen (secondary N) is 1. The van der Waals surface area contributed by atoms with Gasteiger partial charge in [0.15, 0.2) is 0 Å². The van der Waals surface area contributed by atoms with E-state index in [0.717, 1.165) is 37.9 Å². The second kappa shape index (κ2) is 11.3. The summed E-state index contributed by atoms with van der Waals surface area (Å²) in [6.07, 6.45) is 0. The molecule has 7 heteroatoms. The summed E-state index contributed by atoms with van der Waals surface area (Å²) in [5.74, 6) is 0.607. The first kappa shape index (κ1) is 26.4. The molecule has 6 nitrogen and oxygen atoms in total. The van der Waals surface area contributed by atoms with E-state index in [4.69, 9.17) is 15.2 Å². The lowest BCUT2D eigenvalue weighted by atomic mass is 9.93. The van der Waals surface area contributed by atoms with Gasteiger partial charge in [-0.3, -0.25) is 0 Å². The molecule has 0 radical (unpaired) electrons. The van der Waals surface area contributed by atoms with E-state index in [2.05, 4.69) is 4.72 Å². The molecule has 0 aliphatic heterocycles. The average Bonchev–Trinajstić information content (AvgIpc) is 2.96. The summed E-state index contributed by atoms with van der Waals surface area (Å²) in [5, 5.41) is 14.5. The van der Waals surface area contributed by atoms with Crippen LogP contribution >= 0.6 is 11.9 Å². The fourth-order valence-corrected chi connectivity index (χ4v) is 5.14. The van der Waals surface area contributed by atoms with Crippen molar-refractivity contribution >= 4 is 45.1 Å². The van der Waals surface area contributed by atoms with E-state index >= 15 is 0 Å². The van der Waals surface area contributed by atoms with Crippen molar-refractivity contribution < 1.29 is 19.4 Å². The molecule has 1 atom stereocenters. The zero-order chi connectivity index (χ0) is 27.5. The third-order valence-electron chi connectivity index (χ3n) is 6.70. The number of anilines is 1. The first-order valence-electron chi connectivity index (χ1n) is 12.7. The summed E-state index contributed by atoms with van der Waals surface area (Å²) in [6, 6.07) is 27.9. The molecule has 0 aromatic heterocycles. The van der Waals surface area contributed by atoms with Crippen LogP contribution in [-0.2, 0) is 4.79 Å². The van der Waals surface area contributed by atoms with Crippen LogP contribution in [0, 0.1) is 5.92 Å². The normalized spacial score (nSPS) is 12.0. The highest BCUT2D eigenvalue weighted by molar-refractivity contribution is 8.00. The van der Waals surface area contributed by atoms with Crippen LogP contribution in [-0.4, -0.2) is 24.2 Å². The topological polar surface area (TPSA) is 93.8 Å².